The van der Waals surface area contributed by atoms with Crippen molar-refractivity contribution in [3.63, 3.8) is 0 Å². The third-order valence-corrected chi connectivity index (χ3v) is 2.03. The maximum Gasteiger partial charge on any atom is 0.224 e. The van der Waals surface area contributed by atoms with E-state index in [1.54, 1.807) is 6.20 Å². The number of nitrogens with two attached hydrogens (primary N) is 1. The van der Waals surface area contributed by atoms with Crippen LogP contribution in [0.4, 0.5) is 5.82 Å². The van der Waals surface area contributed by atoms with Crippen molar-refractivity contribution in [1.82, 2.24) is 9.97 Å². The molecule has 1 aromatic heterocycles. The molecule has 2 N–H and O–H groups in total. The molecule has 0 aliphatic heterocycles. The predicted octanol–water partition coefficient (Wildman–Crippen LogP) is 2.51. The van der Waals surface area contributed by atoms with Gasteiger partial charge in [0.1, 0.15) is 5.82 Å². The van der Waals surface area contributed by atoms with Gasteiger partial charge in [0.25, 0.3) is 0 Å². The zero-order chi connectivity index (χ0) is 9.68. The maximum atomic E-state index is 5.61. The normalized spacial score (nSPS) is 10.9. The Morgan fingerprint density at radius 2 is 2.38 bits per heavy atom. The topological polar surface area (TPSA) is 51.8 Å². The first-order valence-electron chi connectivity index (χ1n) is 3.74. The van der Waals surface area contributed by atoms with Crippen LogP contribution < -0.4 is 5.73 Å². The second kappa shape index (κ2) is 5.19. The fourth-order valence-electron chi connectivity index (χ4n) is 0.783. The first-order chi connectivity index (χ1) is 6.24. The molecule has 5 heteroatoms. The number of allylic oxidation sites excluding steroid dienone is 1. The van der Waals surface area contributed by atoms with Crippen LogP contribution in [0.25, 0.3) is 6.08 Å². The lowest BCUT2D eigenvalue weighted by Crippen LogP contribution is -1.95. The summed E-state index contributed by atoms with van der Waals surface area (Å²) in [5, 5.41) is 1.10. The van der Waals surface area contributed by atoms with Crippen molar-refractivity contribution in [3.8, 4) is 0 Å². The van der Waals surface area contributed by atoms with E-state index >= 15 is 0 Å². The van der Waals surface area contributed by atoms with E-state index in [0.29, 0.717) is 5.82 Å². The number of halogens is 2. The second-order valence-corrected chi connectivity index (χ2v) is 3.49. The lowest BCUT2D eigenvalue weighted by atomic mass is 10.2. The molecule has 0 fully saturated rings. The highest BCUT2D eigenvalue weighted by Gasteiger charge is 1.97. The SMILES string of the molecule is Nc1nc(Cl)ncc1C=CCCBr. The number of nitrogen functional groups attached to an aromatic ring is 1. The first kappa shape index (κ1) is 10.5. The molecule has 1 rings (SSSR count). The van der Waals surface area contributed by atoms with Crippen LogP contribution in [0.1, 0.15) is 12.0 Å². The van der Waals surface area contributed by atoms with E-state index in [4.69, 9.17) is 17.3 Å². The van der Waals surface area contributed by atoms with Crippen molar-refractivity contribution in [1.29, 1.82) is 0 Å². The number of alkyl halides is 1. The zero-order valence-electron chi connectivity index (χ0n) is 6.87. The Bertz CT molecular complexity index is 314. The van der Waals surface area contributed by atoms with Gasteiger partial charge in [0.05, 0.1) is 0 Å². The van der Waals surface area contributed by atoms with Crippen LogP contribution >= 0.6 is 27.5 Å². The molecule has 3 nitrogen and oxygen atoms in total. The summed E-state index contributed by atoms with van der Waals surface area (Å²) >= 11 is 8.86. The number of hydrogen-bond donors (Lipinski definition) is 1. The molecule has 0 unspecified atom stereocenters. The molecule has 0 atom stereocenters. The molecule has 0 aliphatic carbocycles. The van der Waals surface area contributed by atoms with Gasteiger partial charge < -0.3 is 5.73 Å². The lowest BCUT2D eigenvalue weighted by molar-refractivity contribution is 1.17. The molecular formula is C8H9BrClN3. The fraction of sp³-hybridized carbons (Fsp3) is 0.250. The highest BCUT2D eigenvalue weighted by molar-refractivity contribution is 9.09. The smallest absolute Gasteiger partial charge is 0.224 e. The molecule has 0 radical (unpaired) electrons. The molecule has 13 heavy (non-hydrogen) atoms. The molecule has 0 amide bonds. The highest BCUT2D eigenvalue weighted by Crippen LogP contribution is 2.12. The van der Waals surface area contributed by atoms with Crippen LogP contribution in [0.3, 0.4) is 0 Å². The largest absolute Gasteiger partial charge is 0.383 e. The van der Waals surface area contributed by atoms with Gasteiger partial charge in [-0.3, -0.25) is 0 Å². The van der Waals surface area contributed by atoms with E-state index in [1.165, 1.54) is 0 Å². The van der Waals surface area contributed by atoms with E-state index in [-0.39, 0.29) is 5.28 Å². The molecule has 0 saturated heterocycles. The van der Waals surface area contributed by atoms with E-state index in [2.05, 4.69) is 25.9 Å². The second-order valence-electron chi connectivity index (χ2n) is 2.36. The number of anilines is 1. The molecule has 0 spiro atoms. The van der Waals surface area contributed by atoms with Crippen molar-refractivity contribution >= 4 is 39.4 Å². The molecule has 0 aromatic carbocycles. The van der Waals surface area contributed by atoms with Gasteiger partial charge in [-0.1, -0.05) is 28.1 Å². The first-order valence-corrected chi connectivity index (χ1v) is 5.24. The van der Waals surface area contributed by atoms with Crippen molar-refractivity contribution in [2.75, 3.05) is 11.1 Å². The van der Waals surface area contributed by atoms with Gasteiger partial charge in [0.2, 0.25) is 5.28 Å². The van der Waals surface area contributed by atoms with Crippen LogP contribution in [-0.4, -0.2) is 15.3 Å². The Kier molecular flexibility index (Phi) is 4.18. The maximum absolute atomic E-state index is 5.61. The minimum absolute atomic E-state index is 0.176. The summed E-state index contributed by atoms with van der Waals surface area (Å²) in [7, 11) is 0. The number of hydrogen-bond acceptors (Lipinski definition) is 3. The molecule has 0 bridgehead atoms. The Labute approximate surface area is 90.2 Å². The predicted molar refractivity (Wildman–Crippen MR) is 58.9 cm³/mol. The standard InChI is InChI=1S/C8H9BrClN3/c9-4-2-1-3-6-5-12-8(10)13-7(6)11/h1,3,5H,2,4H2,(H2,11,12,13). The molecule has 1 heterocycles. The van der Waals surface area contributed by atoms with Gasteiger partial charge in [-0.25, -0.2) is 9.97 Å². The zero-order valence-corrected chi connectivity index (χ0v) is 9.22. The lowest BCUT2D eigenvalue weighted by Gasteiger charge is -1.97. The molecule has 1 aromatic rings. The van der Waals surface area contributed by atoms with E-state index in [0.717, 1.165) is 17.3 Å². The average Bonchev–Trinajstić information content (AvgIpc) is 2.09. The summed E-state index contributed by atoms with van der Waals surface area (Å²) in [6.45, 7) is 0. The molecule has 70 valence electrons. The van der Waals surface area contributed by atoms with Gasteiger partial charge in [0.15, 0.2) is 0 Å². The van der Waals surface area contributed by atoms with Crippen LogP contribution in [0.15, 0.2) is 12.3 Å². The third kappa shape index (κ3) is 3.32. The third-order valence-electron chi connectivity index (χ3n) is 1.39. The molecule has 0 aliphatic rings. The minimum atomic E-state index is 0.176. The summed E-state index contributed by atoms with van der Waals surface area (Å²) in [6, 6.07) is 0. The number of nitrogens with zero attached hydrogens (tertiary/aromatic N) is 2. The van der Waals surface area contributed by atoms with Gasteiger partial charge in [0, 0.05) is 17.1 Å². The van der Waals surface area contributed by atoms with Crippen molar-refractivity contribution in [3.05, 3.63) is 23.1 Å². The van der Waals surface area contributed by atoms with E-state index < -0.39 is 0 Å². The monoisotopic (exact) mass is 261 g/mol. The van der Waals surface area contributed by atoms with Crippen LogP contribution in [0, 0.1) is 0 Å². The van der Waals surface area contributed by atoms with Gasteiger partial charge in [-0.2, -0.15) is 0 Å². The highest BCUT2D eigenvalue weighted by atomic mass is 79.9. The van der Waals surface area contributed by atoms with Crippen LogP contribution in [0.5, 0.6) is 0 Å². The van der Waals surface area contributed by atoms with Crippen LogP contribution in [0.2, 0.25) is 5.28 Å². The van der Waals surface area contributed by atoms with Gasteiger partial charge in [-0.15, -0.1) is 0 Å². The van der Waals surface area contributed by atoms with Crippen molar-refractivity contribution in [2.45, 2.75) is 6.42 Å². The Hall–Kier alpha value is -0.610. The fourth-order valence-corrected chi connectivity index (χ4v) is 1.19. The van der Waals surface area contributed by atoms with Crippen molar-refractivity contribution in [2.24, 2.45) is 0 Å². The summed E-state index contributed by atoms with van der Waals surface area (Å²) in [6.07, 6.45) is 6.43. The van der Waals surface area contributed by atoms with Gasteiger partial charge in [-0.05, 0) is 18.0 Å². The number of rotatable bonds is 3. The van der Waals surface area contributed by atoms with Crippen LogP contribution in [-0.2, 0) is 0 Å². The quantitative estimate of drug-likeness (QED) is 0.673. The molecule has 0 saturated carbocycles. The van der Waals surface area contributed by atoms with E-state index in [9.17, 15) is 0 Å². The Balaban J connectivity index is 2.77. The summed E-state index contributed by atoms with van der Waals surface area (Å²) in [5.74, 6) is 0.408. The summed E-state index contributed by atoms with van der Waals surface area (Å²) in [4.78, 5) is 7.65. The van der Waals surface area contributed by atoms with Crippen molar-refractivity contribution < 1.29 is 0 Å². The minimum Gasteiger partial charge on any atom is -0.383 e. The summed E-state index contributed by atoms with van der Waals surface area (Å²) < 4.78 is 0. The summed E-state index contributed by atoms with van der Waals surface area (Å²) in [5.41, 5.74) is 6.40. The Morgan fingerprint density at radius 1 is 1.62 bits per heavy atom. The molecular weight excluding hydrogens is 253 g/mol. The number of aromatic nitrogens is 2. The average molecular weight is 263 g/mol. The Morgan fingerprint density at radius 3 is 3.00 bits per heavy atom. The van der Waals surface area contributed by atoms with Gasteiger partial charge >= 0.3 is 0 Å². The van der Waals surface area contributed by atoms with E-state index in [1.807, 2.05) is 12.2 Å².